The van der Waals surface area contributed by atoms with E-state index in [-0.39, 0.29) is 13.0 Å². The molecule has 5 nitrogen and oxygen atoms in total. The van der Waals surface area contributed by atoms with E-state index >= 15 is 0 Å². The van der Waals surface area contributed by atoms with Gasteiger partial charge in [-0.25, -0.2) is 0 Å². The lowest BCUT2D eigenvalue weighted by Crippen LogP contribution is -2.23. The molecule has 0 fully saturated rings. The monoisotopic (exact) mass is 280 g/mol. The predicted octanol–water partition coefficient (Wildman–Crippen LogP) is 1.68. The molecule has 0 aromatic heterocycles. The molecule has 1 atom stereocenters. The standard InChI is InChI=1S/C15H20O5/c1-19-12-7-5-6-11(10-12)15(20-2)14(18)13(17)8-3-4-9-16/h5-7,10,15-16H,3-4,8-9H2,1-2H3. The molecular formula is C15H20O5. The van der Waals surface area contributed by atoms with Gasteiger partial charge in [0.1, 0.15) is 11.9 Å². The number of hydrogen-bond acceptors (Lipinski definition) is 5. The summed E-state index contributed by atoms with van der Waals surface area (Å²) < 4.78 is 10.2. The first-order valence-electron chi connectivity index (χ1n) is 6.48. The molecule has 0 aliphatic heterocycles. The van der Waals surface area contributed by atoms with Gasteiger partial charge >= 0.3 is 0 Å². The van der Waals surface area contributed by atoms with Gasteiger partial charge in [0.2, 0.25) is 11.6 Å². The molecule has 0 amide bonds. The number of carbonyl (C=O) groups is 2. The molecule has 0 aliphatic rings. The fourth-order valence-corrected chi connectivity index (χ4v) is 1.87. The van der Waals surface area contributed by atoms with Crippen molar-refractivity contribution in [1.82, 2.24) is 0 Å². The Kier molecular flexibility index (Phi) is 6.90. The summed E-state index contributed by atoms with van der Waals surface area (Å²) in [6, 6.07) is 6.89. The summed E-state index contributed by atoms with van der Waals surface area (Å²) in [6.45, 7) is 0.0189. The molecule has 1 N–H and O–H groups in total. The molecule has 110 valence electrons. The van der Waals surface area contributed by atoms with Gasteiger partial charge in [0.05, 0.1) is 7.11 Å². The maximum atomic E-state index is 12.1. The van der Waals surface area contributed by atoms with E-state index in [0.717, 1.165) is 0 Å². The van der Waals surface area contributed by atoms with Crippen molar-refractivity contribution in [2.45, 2.75) is 25.4 Å². The third-order valence-corrected chi connectivity index (χ3v) is 2.96. The zero-order valence-electron chi connectivity index (χ0n) is 11.8. The Balaban J connectivity index is 2.78. The van der Waals surface area contributed by atoms with Gasteiger partial charge in [-0.15, -0.1) is 0 Å². The van der Waals surface area contributed by atoms with Gasteiger partial charge in [-0.1, -0.05) is 12.1 Å². The van der Waals surface area contributed by atoms with Crippen LogP contribution in [-0.2, 0) is 14.3 Å². The second-order valence-corrected chi connectivity index (χ2v) is 4.36. The van der Waals surface area contributed by atoms with Crippen LogP contribution in [0.1, 0.15) is 30.9 Å². The van der Waals surface area contributed by atoms with Gasteiger partial charge in [0, 0.05) is 20.1 Å². The molecule has 0 aliphatic carbocycles. The number of aliphatic hydroxyl groups is 1. The Bertz CT molecular complexity index is 455. The third kappa shape index (κ3) is 4.43. The second-order valence-electron chi connectivity index (χ2n) is 4.36. The van der Waals surface area contributed by atoms with Crippen molar-refractivity contribution < 1.29 is 24.2 Å². The first kappa shape index (κ1) is 16.3. The van der Waals surface area contributed by atoms with Gasteiger partial charge < -0.3 is 14.6 Å². The highest BCUT2D eigenvalue weighted by Crippen LogP contribution is 2.23. The lowest BCUT2D eigenvalue weighted by Gasteiger charge is -2.14. The van der Waals surface area contributed by atoms with Crippen LogP contribution in [0.4, 0.5) is 0 Å². The van der Waals surface area contributed by atoms with Gasteiger partial charge in [0.15, 0.2) is 0 Å². The van der Waals surface area contributed by atoms with Crippen molar-refractivity contribution in [3.05, 3.63) is 29.8 Å². The maximum Gasteiger partial charge on any atom is 0.231 e. The number of Topliss-reactive ketones (excluding diaryl/α,β-unsaturated/α-hetero) is 2. The molecule has 0 bridgehead atoms. The van der Waals surface area contributed by atoms with E-state index in [1.807, 2.05) is 0 Å². The fourth-order valence-electron chi connectivity index (χ4n) is 1.87. The normalized spacial score (nSPS) is 11.9. The molecule has 20 heavy (non-hydrogen) atoms. The number of rotatable bonds is 9. The number of aliphatic hydroxyl groups excluding tert-OH is 1. The number of benzene rings is 1. The minimum absolute atomic E-state index is 0.0189. The van der Waals surface area contributed by atoms with E-state index in [1.54, 1.807) is 24.3 Å². The van der Waals surface area contributed by atoms with Crippen molar-refractivity contribution in [3.63, 3.8) is 0 Å². The number of hydrogen-bond donors (Lipinski definition) is 1. The van der Waals surface area contributed by atoms with E-state index in [0.29, 0.717) is 24.2 Å². The first-order chi connectivity index (χ1) is 9.63. The smallest absolute Gasteiger partial charge is 0.231 e. The predicted molar refractivity (Wildman–Crippen MR) is 73.7 cm³/mol. The number of ketones is 2. The second kappa shape index (κ2) is 8.45. The molecule has 1 aromatic carbocycles. The summed E-state index contributed by atoms with van der Waals surface area (Å²) in [6.07, 6.45) is 0.223. The summed E-state index contributed by atoms with van der Waals surface area (Å²) in [5.74, 6) is -0.447. The SMILES string of the molecule is COc1cccc(C(OC)C(=O)C(=O)CCCCO)c1. The van der Waals surface area contributed by atoms with Crippen LogP contribution in [0.25, 0.3) is 0 Å². The van der Waals surface area contributed by atoms with Crippen LogP contribution in [0.2, 0.25) is 0 Å². The molecule has 1 aromatic rings. The highest BCUT2D eigenvalue weighted by molar-refractivity contribution is 6.38. The molecule has 1 rings (SSSR count). The highest BCUT2D eigenvalue weighted by atomic mass is 16.5. The van der Waals surface area contributed by atoms with E-state index in [2.05, 4.69) is 0 Å². The van der Waals surface area contributed by atoms with Gasteiger partial charge in [0.25, 0.3) is 0 Å². The van der Waals surface area contributed by atoms with Gasteiger partial charge in [-0.2, -0.15) is 0 Å². The summed E-state index contributed by atoms with van der Waals surface area (Å²) in [4.78, 5) is 23.9. The summed E-state index contributed by atoms with van der Waals surface area (Å²) in [5.41, 5.74) is 0.590. The molecule has 0 spiro atoms. The topological polar surface area (TPSA) is 72.8 Å². The molecule has 5 heteroatoms. The fraction of sp³-hybridized carbons (Fsp3) is 0.467. The van der Waals surface area contributed by atoms with E-state index < -0.39 is 17.7 Å². The maximum absolute atomic E-state index is 12.1. The number of methoxy groups -OCH3 is 2. The van der Waals surface area contributed by atoms with Crippen LogP contribution in [0.5, 0.6) is 5.75 Å². The van der Waals surface area contributed by atoms with Crippen LogP contribution in [0.3, 0.4) is 0 Å². The lowest BCUT2D eigenvalue weighted by atomic mass is 10.00. The lowest BCUT2D eigenvalue weighted by molar-refractivity contribution is -0.143. The zero-order valence-corrected chi connectivity index (χ0v) is 11.8. The van der Waals surface area contributed by atoms with Crippen LogP contribution in [-0.4, -0.2) is 37.5 Å². The zero-order chi connectivity index (χ0) is 15.0. The Labute approximate surface area is 118 Å². The van der Waals surface area contributed by atoms with Crippen LogP contribution >= 0.6 is 0 Å². The molecule has 0 heterocycles. The largest absolute Gasteiger partial charge is 0.497 e. The Hall–Kier alpha value is -1.72. The van der Waals surface area contributed by atoms with Gasteiger partial charge in [-0.3, -0.25) is 9.59 Å². The Morgan fingerprint density at radius 1 is 1.25 bits per heavy atom. The minimum atomic E-state index is -0.910. The Morgan fingerprint density at radius 3 is 2.60 bits per heavy atom. The van der Waals surface area contributed by atoms with E-state index in [4.69, 9.17) is 14.6 Å². The molecule has 1 unspecified atom stereocenters. The Morgan fingerprint density at radius 2 is 2.00 bits per heavy atom. The quantitative estimate of drug-likeness (QED) is 0.550. The summed E-state index contributed by atoms with van der Waals surface area (Å²) in [7, 11) is 2.92. The number of unbranched alkanes of at least 4 members (excludes halogenated alkanes) is 1. The van der Waals surface area contributed by atoms with E-state index in [9.17, 15) is 9.59 Å². The van der Waals surface area contributed by atoms with Crippen molar-refractivity contribution in [2.75, 3.05) is 20.8 Å². The van der Waals surface area contributed by atoms with Crippen molar-refractivity contribution in [2.24, 2.45) is 0 Å². The average molecular weight is 280 g/mol. The summed E-state index contributed by atoms with van der Waals surface area (Å²) >= 11 is 0. The average Bonchev–Trinajstić information content (AvgIpc) is 2.48. The molecular weight excluding hydrogens is 260 g/mol. The minimum Gasteiger partial charge on any atom is -0.497 e. The molecule has 0 saturated heterocycles. The number of carbonyl (C=O) groups excluding carboxylic acids is 2. The van der Waals surface area contributed by atoms with Crippen LogP contribution in [0.15, 0.2) is 24.3 Å². The van der Waals surface area contributed by atoms with Crippen LogP contribution in [0, 0.1) is 0 Å². The van der Waals surface area contributed by atoms with Crippen molar-refractivity contribution >= 4 is 11.6 Å². The number of ether oxygens (including phenoxy) is 2. The van der Waals surface area contributed by atoms with Crippen LogP contribution < -0.4 is 4.74 Å². The molecule has 0 saturated carbocycles. The van der Waals surface area contributed by atoms with E-state index in [1.165, 1.54) is 14.2 Å². The summed E-state index contributed by atoms with van der Waals surface area (Å²) in [5, 5.41) is 8.67. The molecule has 0 radical (unpaired) electrons. The third-order valence-electron chi connectivity index (χ3n) is 2.96. The van der Waals surface area contributed by atoms with Crippen molar-refractivity contribution in [1.29, 1.82) is 0 Å². The highest BCUT2D eigenvalue weighted by Gasteiger charge is 2.26. The first-order valence-corrected chi connectivity index (χ1v) is 6.48. The van der Waals surface area contributed by atoms with Crippen molar-refractivity contribution in [3.8, 4) is 5.75 Å². The van der Waals surface area contributed by atoms with Gasteiger partial charge in [-0.05, 0) is 30.5 Å².